The van der Waals surface area contributed by atoms with Gasteiger partial charge in [0.1, 0.15) is 11.3 Å². The van der Waals surface area contributed by atoms with E-state index < -0.39 is 0 Å². The van der Waals surface area contributed by atoms with Gasteiger partial charge < -0.3 is 4.57 Å². The maximum Gasteiger partial charge on any atom is 0.160 e. The Morgan fingerprint density at radius 1 is 1.38 bits per heavy atom. The lowest BCUT2D eigenvalue weighted by molar-refractivity contribution is 0.263. The predicted octanol–water partition coefficient (Wildman–Crippen LogP) is 5.12. The van der Waals surface area contributed by atoms with Gasteiger partial charge in [0, 0.05) is 29.0 Å². The standard InChI is InChI=1S/C16H21BrClN3/c1-11(12-5-3-2-4-6-12)21-15(7-8-18)20-14-9-13(17)10-19-16(14)21/h9-12H,2-8H2,1H3. The monoisotopic (exact) mass is 369 g/mol. The van der Waals surface area contributed by atoms with Crippen LogP contribution in [0.3, 0.4) is 0 Å². The number of fused-ring (bicyclic) bond motifs is 1. The summed E-state index contributed by atoms with van der Waals surface area (Å²) in [6.45, 7) is 2.32. The van der Waals surface area contributed by atoms with E-state index >= 15 is 0 Å². The van der Waals surface area contributed by atoms with E-state index in [4.69, 9.17) is 16.6 Å². The molecule has 0 bridgehead atoms. The Morgan fingerprint density at radius 3 is 2.86 bits per heavy atom. The Labute approximate surface area is 139 Å². The zero-order valence-corrected chi connectivity index (χ0v) is 14.7. The molecule has 3 rings (SSSR count). The summed E-state index contributed by atoms with van der Waals surface area (Å²) in [6, 6.07) is 2.49. The molecule has 21 heavy (non-hydrogen) atoms. The molecule has 0 aliphatic heterocycles. The molecule has 1 aliphatic carbocycles. The summed E-state index contributed by atoms with van der Waals surface area (Å²) in [5.74, 6) is 2.40. The summed E-state index contributed by atoms with van der Waals surface area (Å²) in [6.07, 6.45) is 9.38. The lowest BCUT2D eigenvalue weighted by atomic mass is 9.84. The Balaban J connectivity index is 2.03. The SMILES string of the molecule is CC(C1CCCCC1)n1c(CCCl)nc2cc(Br)cnc21. The van der Waals surface area contributed by atoms with E-state index in [0.29, 0.717) is 11.9 Å². The highest BCUT2D eigenvalue weighted by Gasteiger charge is 2.25. The van der Waals surface area contributed by atoms with Crippen LogP contribution in [-0.2, 0) is 6.42 Å². The molecule has 1 aliphatic rings. The highest BCUT2D eigenvalue weighted by atomic mass is 79.9. The average molecular weight is 371 g/mol. The number of aromatic nitrogens is 3. The van der Waals surface area contributed by atoms with E-state index in [1.54, 1.807) is 0 Å². The molecule has 0 spiro atoms. The number of aryl methyl sites for hydroxylation is 1. The zero-order valence-electron chi connectivity index (χ0n) is 12.4. The molecule has 1 fully saturated rings. The van der Waals surface area contributed by atoms with Crippen LogP contribution in [0.4, 0.5) is 0 Å². The van der Waals surface area contributed by atoms with Crippen molar-refractivity contribution in [2.75, 3.05) is 5.88 Å². The number of hydrogen-bond acceptors (Lipinski definition) is 2. The van der Waals surface area contributed by atoms with Crippen LogP contribution >= 0.6 is 27.5 Å². The van der Waals surface area contributed by atoms with Gasteiger partial charge in [-0.25, -0.2) is 9.97 Å². The van der Waals surface area contributed by atoms with E-state index in [-0.39, 0.29) is 0 Å². The van der Waals surface area contributed by atoms with Gasteiger partial charge in [0.05, 0.1) is 0 Å². The molecule has 114 valence electrons. The normalized spacial score (nSPS) is 18.2. The molecule has 2 heterocycles. The van der Waals surface area contributed by atoms with Crippen molar-refractivity contribution in [1.82, 2.24) is 14.5 Å². The first-order valence-electron chi connectivity index (χ1n) is 7.79. The number of pyridine rings is 1. The summed E-state index contributed by atoms with van der Waals surface area (Å²) in [4.78, 5) is 9.38. The molecule has 0 N–H and O–H groups in total. The van der Waals surface area contributed by atoms with Crippen molar-refractivity contribution >= 4 is 38.7 Å². The van der Waals surface area contributed by atoms with Crippen molar-refractivity contribution in [2.45, 2.75) is 51.5 Å². The highest BCUT2D eigenvalue weighted by Crippen LogP contribution is 2.35. The number of hydrogen-bond donors (Lipinski definition) is 0. The second-order valence-corrected chi connectivity index (χ2v) is 7.27. The topological polar surface area (TPSA) is 30.7 Å². The van der Waals surface area contributed by atoms with Crippen LogP contribution in [0.1, 0.15) is 50.9 Å². The molecule has 3 nitrogen and oxygen atoms in total. The summed E-state index contributed by atoms with van der Waals surface area (Å²) < 4.78 is 3.31. The largest absolute Gasteiger partial charge is 0.310 e. The predicted molar refractivity (Wildman–Crippen MR) is 90.9 cm³/mol. The van der Waals surface area contributed by atoms with E-state index in [1.165, 1.54) is 32.1 Å². The molecule has 0 saturated heterocycles. The van der Waals surface area contributed by atoms with Gasteiger partial charge in [-0.05, 0) is 47.7 Å². The second-order valence-electron chi connectivity index (χ2n) is 5.97. The van der Waals surface area contributed by atoms with Crippen LogP contribution < -0.4 is 0 Å². The summed E-state index contributed by atoms with van der Waals surface area (Å²) in [7, 11) is 0. The van der Waals surface area contributed by atoms with Gasteiger partial charge >= 0.3 is 0 Å². The summed E-state index contributed by atoms with van der Waals surface area (Å²) in [5, 5.41) is 0. The fraction of sp³-hybridized carbons (Fsp3) is 0.625. The highest BCUT2D eigenvalue weighted by molar-refractivity contribution is 9.10. The van der Waals surface area contributed by atoms with Crippen molar-refractivity contribution in [3.63, 3.8) is 0 Å². The van der Waals surface area contributed by atoms with Crippen LogP contribution in [0.25, 0.3) is 11.2 Å². The fourth-order valence-corrected chi connectivity index (χ4v) is 4.01. The molecule has 5 heteroatoms. The van der Waals surface area contributed by atoms with Gasteiger partial charge in [-0.15, -0.1) is 11.6 Å². The Bertz CT molecular complexity index is 619. The molecular formula is C16H21BrClN3. The van der Waals surface area contributed by atoms with Crippen LogP contribution in [0.5, 0.6) is 0 Å². The van der Waals surface area contributed by atoms with Gasteiger partial charge in [-0.1, -0.05) is 19.3 Å². The zero-order chi connectivity index (χ0) is 14.8. The Kier molecular flexibility index (Phi) is 4.85. The van der Waals surface area contributed by atoms with Crippen molar-refractivity contribution in [1.29, 1.82) is 0 Å². The third kappa shape index (κ3) is 3.11. The van der Waals surface area contributed by atoms with Crippen LogP contribution in [0.15, 0.2) is 16.7 Å². The third-order valence-electron chi connectivity index (χ3n) is 4.63. The molecule has 2 aromatic rings. The van der Waals surface area contributed by atoms with Crippen molar-refractivity contribution < 1.29 is 0 Å². The van der Waals surface area contributed by atoms with Gasteiger partial charge in [-0.3, -0.25) is 0 Å². The van der Waals surface area contributed by atoms with Gasteiger partial charge in [0.25, 0.3) is 0 Å². The number of rotatable bonds is 4. The van der Waals surface area contributed by atoms with Crippen molar-refractivity contribution in [3.8, 4) is 0 Å². The maximum atomic E-state index is 5.97. The fourth-order valence-electron chi connectivity index (χ4n) is 3.52. The molecule has 0 aromatic carbocycles. The first-order valence-corrected chi connectivity index (χ1v) is 9.11. The molecule has 1 unspecified atom stereocenters. The summed E-state index contributed by atoms with van der Waals surface area (Å²) in [5.41, 5.74) is 1.96. The lowest BCUT2D eigenvalue weighted by Crippen LogP contribution is -2.21. The van der Waals surface area contributed by atoms with E-state index in [9.17, 15) is 0 Å². The van der Waals surface area contributed by atoms with E-state index in [0.717, 1.165) is 33.8 Å². The Morgan fingerprint density at radius 2 is 2.14 bits per heavy atom. The molecule has 2 aromatic heterocycles. The first-order chi connectivity index (χ1) is 10.2. The average Bonchev–Trinajstić information content (AvgIpc) is 2.85. The quantitative estimate of drug-likeness (QED) is 0.700. The van der Waals surface area contributed by atoms with Crippen molar-refractivity contribution in [3.05, 3.63) is 22.6 Å². The number of alkyl halides is 1. The van der Waals surface area contributed by atoms with E-state index in [2.05, 4.69) is 32.4 Å². The van der Waals surface area contributed by atoms with Crippen LogP contribution in [0.2, 0.25) is 0 Å². The first kappa shape index (κ1) is 15.3. The van der Waals surface area contributed by atoms with Crippen LogP contribution in [-0.4, -0.2) is 20.4 Å². The molecule has 1 saturated carbocycles. The lowest BCUT2D eigenvalue weighted by Gasteiger charge is -2.29. The van der Waals surface area contributed by atoms with Gasteiger partial charge in [0.15, 0.2) is 5.65 Å². The van der Waals surface area contributed by atoms with Crippen LogP contribution in [0, 0.1) is 5.92 Å². The number of halogens is 2. The van der Waals surface area contributed by atoms with E-state index in [1.807, 2.05) is 12.3 Å². The maximum absolute atomic E-state index is 5.97. The minimum atomic E-state index is 0.446. The van der Waals surface area contributed by atoms with Gasteiger partial charge in [0.2, 0.25) is 0 Å². The number of nitrogens with zero attached hydrogens (tertiary/aromatic N) is 3. The minimum absolute atomic E-state index is 0.446. The van der Waals surface area contributed by atoms with Crippen molar-refractivity contribution in [2.24, 2.45) is 5.92 Å². The summed E-state index contributed by atoms with van der Waals surface area (Å²) >= 11 is 9.46. The number of imidazole rings is 1. The third-order valence-corrected chi connectivity index (χ3v) is 5.25. The molecule has 0 amide bonds. The molecular weight excluding hydrogens is 350 g/mol. The second kappa shape index (κ2) is 6.66. The smallest absolute Gasteiger partial charge is 0.160 e. The molecule has 1 atom stereocenters. The van der Waals surface area contributed by atoms with Gasteiger partial charge in [-0.2, -0.15) is 0 Å². The Hall–Kier alpha value is -0.610. The minimum Gasteiger partial charge on any atom is -0.310 e. The molecule has 0 radical (unpaired) electrons.